The Balaban J connectivity index is 0.000000880. The highest BCUT2D eigenvalue weighted by Crippen LogP contribution is 2.36. The Morgan fingerprint density at radius 3 is 2.44 bits per heavy atom. The molecule has 0 bridgehead atoms. The molecule has 1 atom stereocenters. The lowest BCUT2D eigenvalue weighted by molar-refractivity contribution is -0.0979. The van der Waals surface area contributed by atoms with Gasteiger partial charge in [0.05, 0.1) is 6.61 Å². The minimum atomic E-state index is 0.564. The summed E-state index contributed by atoms with van der Waals surface area (Å²) < 4.78 is 5.81. The zero-order valence-electron chi connectivity index (χ0n) is 14.7. The van der Waals surface area contributed by atoms with Gasteiger partial charge in [0.1, 0.15) is 12.5 Å². The Bertz CT molecular complexity index is 732. The van der Waals surface area contributed by atoms with Crippen molar-refractivity contribution in [2.45, 2.75) is 38.1 Å². The average molecular weight is 335 g/mol. The second kappa shape index (κ2) is 8.02. The van der Waals surface area contributed by atoms with Crippen molar-refractivity contribution < 1.29 is 9.53 Å². The Hall–Kier alpha value is -2.55. The molecule has 4 rings (SSSR count). The highest BCUT2D eigenvalue weighted by Gasteiger charge is 2.22. The van der Waals surface area contributed by atoms with Gasteiger partial charge in [0.25, 0.3) is 0 Å². The van der Waals surface area contributed by atoms with E-state index in [0.29, 0.717) is 12.0 Å². The van der Waals surface area contributed by atoms with Gasteiger partial charge in [0, 0.05) is 23.2 Å². The smallest absolute Gasteiger partial charge is 0.123 e. The number of hydrogen-bond donors (Lipinski definition) is 1. The standard InChI is InChI=1S/C21H23NO.CH2O/c1-2-17-14-23-21-13-16(7-12-20(17)21)4-3-15-5-8-18(9-6-15)22-19-10-11-19;1-2/h3-9,12-13,17,19,22H,2,10-11,14H2,1H3;1H2/b4-3+;. The lowest BCUT2D eigenvalue weighted by atomic mass is 9.97. The SMILES string of the molecule is C=O.CCC1COc2cc(/C=C/c3ccc(NC4CC4)cc3)ccc21. The van der Waals surface area contributed by atoms with Gasteiger partial charge in [0.15, 0.2) is 0 Å². The Morgan fingerprint density at radius 2 is 1.76 bits per heavy atom. The van der Waals surface area contributed by atoms with Gasteiger partial charge in [-0.05, 0) is 48.6 Å². The van der Waals surface area contributed by atoms with E-state index in [1.807, 2.05) is 6.79 Å². The molecule has 1 aliphatic carbocycles. The van der Waals surface area contributed by atoms with Crippen LogP contribution in [0.15, 0.2) is 42.5 Å². The summed E-state index contributed by atoms with van der Waals surface area (Å²) in [5.41, 5.74) is 5.00. The molecular weight excluding hydrogens is 310 g/mol. The molecule has 0 spiro atoms. The van der Waals surface area contributed by atoms with E-state index in [0.717, 1.165) is 18.8 Å². The van der Waals surface area contributed by atoms with Crippen LogP contribution in [-0.4, -0.2) is 19.4 Å². The van der Waals surface area contributed by atoms with E-state index < -0.39 is 0 Å². The first-order valence-electron chi connectivity index (χ1n) is 8.92. The van der Waals surface area contributed by atoms with Crippen molar-refractivity contribution in [1.82, 2.24) is 0 Å². The van der Waals surface area contributed by atoms with Crippen molar-refractivity contribution in [2.75, 3.05) is 11.9 Å². The first kappa shape index (κ1) is 17.3. The van der Waals surface area contributed by atoms with Crippen LogP contribution in [0.4, 0.5) is 5.69 Å². The van der Waals surface area contributed by atoms with Gasteiger partial charge in [-0.15, -0.1) is 0 Å². The second-order valence-corrected chi connectivity index (χ2v) is 6.59. The third-order valence-electron chi connectivity index (χ3n) is 4.74. The fourth-order valence-corrected chi connectivity index (χ4v) is 3.08. The number of benzene rings is 2. The van der Waals surface area contributed by atoms with Crippen LogP contribution in [0.25, 0.3) is 12.2 Å². The number of hydrogen-bond acceptors (Lipinski definition) is 3. The summed E-state index contributed by atoms with van der Waals surface area (Å²) in [6.45, 7) is 5.05. The van der Waals surface area contributed by atoms with Gasteiger partial charge in [0.2, 0.25) is 0 Å². The summed E-state index contributed by atoms with van der Waals surface area (Å²) in [5, 5.41) is 3.51. The van der Waals surface area contributed by atoms with Gasteiger partial charge in [-0.1, -0.05) is 43.3 Å². The van der Waals surface area contributed by atoms with E-state index in [-0.39, 0.29) is 0 Å². The molecule has 1 aliphatic heterocycles. The first-order chi connectivity index (χ1) is 12.3. The van der Waals surface area contributed by atoms with E-state index in [9.17, 15) is 0 Å². The van der Waals surface area contributed by atoms with E-state index in [2.05, 4.69) is 66.9 Å². The predicted molar refractivity (Wildman–Crippen MR) is 104 cm³/mol. The molecule has 2 aromatic carbocycles. The molecule has 3 heteroatoms. The lowest BCUT2D eigenvalue weighted by Gasteiger charge is -2.05. The fraction of sp³-hybridized carbons (Fsp3) is 0.318. The third-order valence-corrected chi connectivity index (χ3v) is 4.74. The van der Waals surface area contributed by atoms with E-state index in [1.54, 1.807) is 0 Å². The van der Waals surface area contributed by atoms with E-state index in [1.165, 1.54) is 35.2 Å². The van der Waals surface area contributed by atoms with Gasteiger partial charge in [-0.3, -0.25) is 0 Å². The Morgan fingerprint density at radius 1 is 1.08 bits per heavy atom. The van der Waals surface area contributed by atoms with Crippen LogP contribution >= 0.6 is 0 Å². The van der Waals surface area contributed by atoms with Gasteiger partial charge in [-0.2, -0.15) is 0 Å². The molecule has 1 unspecified atom stereocenters. The summed E-state index contributed by atoms with van der Waals surface area (Å²) in [4.78, 5) is 8.00. The lowest BCUT2D eigenvalue weighted by Crippen LogP contribution is -1.99. The topological polar surface area (TPSA) is 38.3 Å². The summed E-state index contributed by atoms with van der Waals surface area (Å²) in [7, 11) is 0. The summed E-state index contributed by atoms with van der Waals surface area (Å²) in [6.07, 6.45) is 8.08. The maximum atomic E-state index is 8.00. The van der Waals surface area contributed by atoms with Crippen molar-refractivity contribution in [2.24, 2.45) is 0 Å². The van der Waals surface area contributed by atoms with Crippen LogP contribution in [0.1, 0.15) is 48.8 Å². The molecule has 1 fully saturated rings. The Kier molecular flexibility index (Phi) is 5.54. The van der Waals surface area contributed by atoms with Gasteiger partial charge < -0.3 is 14.8 Å². The van der Waals surface area contributed by atoms with Gasteiger partial charge >= 0.3 is 0 Å². The Labute approximate surface area is 149 Å². The number of rotatable bonds is 5. The molecular formula is C22H25NO2. The van der Waals surface area contributed by atoms with Gasteiger partial charge in [-0.25, -0.2) is 0 Å². The predicted octanol–water partition coefficient (Wildman–Crippen LogP) is 5.13. The molecule has 130 valence electrons. The number of fused-ring (bicyclic) bond motifs is 1. The first-order valence-corrected chi connectivity index (χ1v) is 8.92. The van der Waals surface area contributed by atoms with Crippen LogP contribution < -0.4 is 10.1 Å². The van der Waals surface area contributed by atoms with Crippen LogP contribution in [0.2, 0.25) is 0 Å². The van der Waals surface area contributed by atoms with Crippen molar-refractivity contribution in [3.8, 4) is 5.75 Å². The van der Waals surface area contributed by atoms with Crippen molar-refractivity contribution >= 4 is 24.6 Å². The maximum Gasteiger partial charge on any atom is 0.123 e. The quantitative estimate of drug-likeness (QED) is 0.770. The molecule has 3 nitrogen and oxygen atoms in total. The van der Waals surface area contributed by atoms with E-state index >= 15 is 0 Å². The fourth-order valence-electron chi connectivity index (χ4n) is 3.08. The molecule has 2 aromatic rings. The molecule has 0 aromatic heterocycles. The zero-order chi connectivity index (χ0) is 17.6. The minimum Gasteiger partial charge on any atom is -0.493 e. The van der Waals surface area contributed by atoms with Crippen molar-refractivity contribution in [3.05, 3.63) is 59.2 Å². The summed E-state index contributed by atoms with van der Waals surface area (Å²) >= 11 is 0. The summed E-state index contributed by atoms with van der Waals surface area (Å²) in [5.74, 6) is 1.62. The molecule has 0 amide bonds. The number of ether oxygens (including phenoxy) is 1. The molecule has 0 saturated heterocycles. The largest absolute Gasteiger partial charge is 0.493 e. The molecule has 1 heterocycles. The molecule has 25 heavy (non-hydrogen) atoms. The minimum absolute atomic E-state index is 0.564. The normalized spacial score (nSPS) is 18.2. The van der Waals surface area contributed by atoms with Crippen LogP contribution in [0, 0.1) is 0 Å². The number of carbonyl (C=O) groups is 1. The maximum absolute atomic E-state index is 8.00. The molecule has 2 aliphatic rings. The molecule has 1 saturated carbocycles. The number of carbonyl (C=O) groups excluding carboxylic acids is 1. The molecule has 1 N–H and O–H groups in total. The van der Waals surface area contributed by atoms with Crippen LogP contribution in [-0.2, 0) is 4.79 Å². The van der Waals surface area contributed by atoms with Crippen LogP contribution in [0.5, 0.6) is 5.75 Å². The second-order valence-electron chi connectivity index (χ2n) is 6.59. The highest BCUT2D eigenvalue weighted by molar-refractivity contribution is 5.71. The van der Waals surface area contributed by atoms with Crippen LogP contribution in [0.3, 0.4) is 0 Å². The molecule has 0 radical (unpaired) electrons. The van der Waals surface area contributed by atoms with Crippen molar-refractivity contribution in [1.29, 1.82) is 0 Å². The number of nitrogens with one attached hydrogen (secondary N) is 1. The third kappa shape index (κ3) is 4.30. The summed E-state index contributed by atoms with van der Waals surface area (Å²) in [6, 6.07) is 15.9. The zero-order valence-corrected chi connectivity index (χ0v) is 14.7. The number of anilines is 1. The monoisotopic (exact) mass is 335 g/mol. The van der Waals surface area contributed by atoms with E-state index in [4.69, 9.17) is 9.53 Å². The van der Waals surface area contributed by atoms with Crippen molar-refractivity contribution in [3.63, 3.8) is 0 Å². The highest BCUT2D eigenvalue weighted by atomic mass is 16.5. The average Bonchev–Trinajstić information content (AvgIpc) is 3.39.